The minimum absolute atomic E-state index is 0.0774. The zero-order valence-corrected chi connectivity index (χ0v) is 18.8. The number of carbonyl (C=O) groups excluding carboxylic acids is 1. The van der Waals surface area contributed by atoms with E-state index in [1.165, 1.54) is 10.7 Å². The van der Waals surface area contributed by atoms with Crippen molar-refractivity contribution in [1.82, 2.24) is 20.1 Å². The summed E-state index contributed by atoms with van der Waals surface area (Å²) in [7, 11) is 0. The van der Waals surface area contributed by atoms with Gasteiger partial charge in [0.15, 0.2) is 5.69 Å². The molecular weight excluding hydrogens is 436 g/mol. The molecule has 1 aromatic carbocycles. The number of hydrogen-bond acceptors (Lipinski definition) is 6. The smallest absolute Gasteiger partial charge is 0.356 e. The third kappa shape index (κ3) is 6.41. The highest BCUT2D eigenvalue weighted by Crippen LogP contribution is 2.23. The van der Waals surface area contributed by atoms with Crippen molar-refractivity contribution < 1.29 is 24.2 Å². The number of carboxylic acids is 1. The average Bonchev–Trinajstić information content (AvgIpc) is 3.26. The number of carbonyl (C=O) groups is 2. The number of aromatic carboxylic acids is 1. The lowest BCUT2D eigenvalue weighted by Crippen LogP contribution is -2.47. The van der Waals surface area contributed by atoms with Crippen LogP contribution in [-0.2, 0) is 29.3 Å². The monoisotopic (exact) mass is 464 g/mol. The zero-order chi connectivity index (χ0) is 23.8. The van der Waals surface area contributed by atoms with E-state index in [1.54, 1.807) is 18.5 Å². The first-order chi connectivity index (χ1) is 16.6. The fraction of sp³-hybridized carbons (Fsp3) is 0.360. The van der Waals surface area contributed by atoms with Crippen LogP contribution in [0.3, 0.4) is 0 Å². The molecule has 2 N–H and O–H groups in total. The number of hydrogen-bond donors (Lipinski definition) is 2. The maximum Gasteiger partial charge on any atom is 0.356 e. The van der Waals surface area contributed by atoms with Crippen molar-refractivity contribution in [2.75, 3.05) is 0 Å². The molecule has 2 heterocycles. The Morgan fingerprint density at radius 2 is 1.85 bits per heavy atom. The van der Waals surface area contributed by atoms with E-state index in [0.717, 1.165) is 36.8 Å². The predicted molar refractivity (Wildman–Crippen MR) is 123 cm³/mol. The number of nitrogens with one attached hydrogen (secondary N) is 1. The zero-order valence-electron chi connectivity index (χ0n) is 18.8. The lowest BCUT2D eigenvalue weighted by atomic mass is 9.92. The van der Waals surface area contributed by atoms with Crippen molar-refractivity contribution in [3.8, 4) is 5.88 Å². The molecule has 0 bridgehead atoms. The second kappa shape index (κ2) is 11.4. The van der Waals surface area contributed by atoms with Gasteiger partial charge in [-0.1, -0.05) is 49.2 Å². The summed E-state index contributed by atoms with van der Waals surface area (Å²) in [5.41, 5.74) is 1.72. The Kier molecular flexibility index (Phi) is 7.87. The molecule has 3 aromatic rings. The van der Waals surface area contributed by atoms with E-state index in [-0.39, 0.29) is 42.8 Å². The minimum atomic E-state index is -1.19. The first-order valence-corrected chi connectivity index (χ1v) is 11.4. The first kappa shape index (κ1) is 23.4. The Morgan fingerprint density at radius 3 is 2.62 bits per heavy atom. The quantitative estimate of drug-likeness (QED) is 0.473. The molecule has 1 fully saturated rings. The summed E-state index contributed by atoms with van der Waals surface area (Å²) in [5.74, 6) is -1.25. The van der Waals surface area contributed by atoms with Crippen molar-refractivity contribution in [2.45, 2.75) is 57.6 Å². The molecule has 1 aliphatic rings. The van der Waals surface area contributed by atoms with Gasteiger partial charge in [0.1, 0.15) is 13.2 Å². The van der Waals surface area contributed by atoms with Crippen LogP contribution in [0.15, 0.2) is 60.9 Å². The summed E-state index contributed by atoms with van der Waals surface area (Å²) in [5, 5.41) is 16.4. The SMILES string of the molecule is O=C(Cn1nc(C(=O)O)cc1OCc1cccnc1)NC1CCCCC1OCc1ccccc1. The highest BCUT2D eigenvalue weighted by molar-refractivity contribution is 5.85. The highest BCUT2D eigenvalue weighted by atomic mass is 16.5. The van der Waals surface area contributed by atoms with Crippen LogP contribution in [0.4, 0.5) is 0 Å². The molecule has 0 saturated heterocycles. The van der Waals surface area contributed by atoms with E-state index in [2.05, 4.69) is 15.4 Å². The highest BCUT2D eigenvalue weighted by Gasteiger charge is 2.28. The summed E-state index contributed by atoms with van der Waals surface area (Å²) in [6.07, 6.45) is 7.01. The molecule has 4 rings (SSSR count). The number of rotatable bonds is 10. The Bertz CT molecular complexity index is 1090. The Balaban J connectivity index is 1.38. The van der Waals surface area contributed by atoms with Gasteiger partial charge in [0.2, 0.25) is 11.8 Å². The molecule has 1 saturated carbocycles. The largest absolute Gasteiger partial charge is 0.476 e. The summed E-state index contributed by atoms with van der Waals surface area (Å²) in [6.45, 7) is 0.515. The van der Waals surface area contributed by atoms with Gasteiger partial charge in [-0.25, -0.2) is 9.48 Å². The Hall–Kier alpha value is -3.72. The second-order valence-electron chi connectivity index (χ2n) is 8.27. The standard InChI is InChI=1S/C25H28N4O5/c30-23(27-20-10-4-5-11-22(20)33-16-18-7-2-1-3-8-18)15-29-24(13-21(28-29)25(31)32)34-17-19-9-6-12-26-14-19/h1-3,6-9,12-14,20,22H,4-5,10-11,15-17H2,(H,27,30)(H,31,32). The van der Waals surface area contributed by atoms with E-state index in [1.807, 2.05) is 36.4 Å². The Labute approximate surface area is 197 Å². The van der Waals surface area contributed by atoms with Crippen molar-refractivity contribution >= 4 is 11.9 Å². The van der Waals surface area contributed by atoms with Crippen LogP contribution in [0.2, 0.25) is 0 Å². The van der Waals surface area contributed by atoms with Crippen LogP contribution in [0.1, 0.15) is 47.3 Å². The van der Waals surface area contributed by atoms with E-state index >= 15 is 0 Å². The van der Waals surface area contributed by atoms with Crippen molar-refractivity contribution in [2.24, 2.45) is 0 Å². The van der Waals surface area contributed by atoms with Crippen LogP contribution >= 0.6 is 0 Å². The van der Waals surface area contributed by atoms with Gasteiger partial charge in [-0.3, -0.25) is 9.78 Å². The van der Waals surface area contributed by atoms with Crippen molar-refractivity contribution in [1.29, 1.82) is 0 Å². The molecule has 1 aliphatic carbocycles. The van der Waals surface area contributed by atoms with Gasteiger partial charge in [-0.2, -0.15) is 5.10 Å². The third-order valence-corrected chi connectivity index (χ3v) is 5.72. The van der Waals surface area contributed by atoms with Crippen LogP contribution in [0.25, 0.3) is 0 Å². The van der Waals surface area contributed by atoms with Gasteiger partial charge in [-0.05, 0) is 24.5 Å². The van der Waals surface area contributed by atoms with E-state index in [9.17, 15) is 14.7 Å². The second-order valence-corrected chi connectivity index (χ2v) is 8.27. The van der Waals surface area contributed by atoms with E-state index in [4.69, 9.17) is 9.47 Å². The number of ether oxygens (including phenoxy) is 2. The van der Waals surface area contributed by atoms with Crippen molar-refractivity contribution in [3.63, 3.8) is 0 Å². The molecule has 2 unspecified atom stereocenters. The van der Waals surface area contributed by atoms with Gasteiger partial charge < -0.3 is 19.9 Å². The van der Waals surface area contributed by atoms with Gasteiger partial charge in [-0.15, -0.1) is 0 Å². The minimum Gasteiger partial charge on any atom is -0.476 e. The van der Waals surface area contributed by atoms with Gasteiger partial charge in [0.05, 0.1) is 18.8 Å². The number of pyridine rings is 1. The predicted octanol–water partition coefficient (Wildman–Crippen LogP) is 3.20. The first-order valence-electron chi connectivity index (χ1n) is 11.4. The van der Waals surface area contributed by atoms with Crippen molar-refractivity contribution in [3.05, 3.63) is 77.7 Å². The topological polar surface area (TPSA) is 116 Å². The molecule has 9 heteroatoms. The fourth-order valence-corrected chi connectivity index (χ4v) is 4.00. The maximum atomic E-state index is 12.9. The molecule has 34 heavy (non-hydrogen) atoms. The van der Waals surface area contributed by atoms with Crippen LogP contribution in [0.5, 0.6) is 5.88 Å². The number of amides is 1. The van der Waals surface area contributed by atoms with Crippen LogP contribution in [-0.4, -0.2) is 43.9 Å². The lowest BCUT2D eigenvalue weighted by molar-refractivity contribution is -0.124. The molecule has 2 atom stereocenters. The number of aromatic nitrogens is 3. The molecule has 1 amide bonds. The van der Waals surface area contributed by atoms with Gasteiger partial charge in [0.25, 0.3) is 0 Å². The molecule has 9 nitrogen and oxygen atoms in total. The summed E-state index contributed by atoms with van der Waals surface area (Å²) < 4.78 is 13.2. The molecule has 0 spiro atoms. The lowest BCUT2D eigenvalue weighted by Gasteiger charge is -2.32. The van der Waals surface area contributed by atoms with E-state index < -0.39 is 5.97 Å². The van der Waals surface area contributed by atoms with Gasteiger partial charge >= 0.3 is 5.97 Å². The van der Waals surface area contributed by atoms with Crippen LogP contribution in [0, 0.1) is 0 Å². The number of benzene rings is 1. The summed E-state index contributed by atoms with van der Waals surface area (Å²) in [6, 6.07) is 14.8. The maximum absolute atomic E-state index is 12.9. The third-order valence-electron chi connectivity index (χ3n) is 5.72. The summed E-state index contributed by atoms with van der Waals surface area (Å²) >= 11 is 0. The Morgan fingerprint density at radius 1 is 1.06 bits per heavy atom. The molecule has 0 radical (unpaired) electrons. The summed E-state index contributed by atoms with van der Waals surface area (Å²) in [4.78, 5) is 28.3. The van der Waals surface area contributed by atoms with Crippen LogP contribution < -0.4 is 10.1 Å². The molecule has 2 aromatic heterocycles. The molecule has 0 aliphatic heterocycles. The number of nitrogens with zero attached hydrogens (tertiary/aromatic N) is 3. The normalized spacial score (nSPS) is 17.8. The molecule has 178 valence electrons. The fourth-order valence-electron chi connectivity index (χ4n) is 4.00. The van der Waals surface area contributed by atoms with Gasteiger partial charge in [0, 0.05) is 24.0 Å². The number of carboxylic acid groups (broad SMARTS) is 1. The van der Waals surface area contributed by atoms with E-state index in [0.29, 0.717) is 6.61 Å². The molecular formula is C25H28N4O5. The average molecular weight is 465 g/mol.